The fourth-order valence-corrected chi connectivity index (χ4v) is 2.50. The lowest BCUT2D eigenvalue weighted by Gasteiger charge is -2.07. The second-order valence-electron chi connectivity index (χ2n) is 5.05. The lowest BCUT2D eigenvalue weighted by atomic mass is 10.3. The molecule has 8 nitrogen and oxygen atoms in total. The average molecular weight is 390 g/mol. The van der Waals surface area contributed by atoms with Gasteiger partial charge in [0.25, 0.3) is 5.91 Å². The van der Waals surface area contributed by atoms with Crippen LogP contribution < -0.4 is 10.7 Å². The van der Waals surface area contributed by atoms with Gasteiger partial charge in [-0.15, -0.1) is 0 Å². The summed E-state index contributed by atoms with van der Waals surface area (Å²) in [5.74, 6) is -0.325. The number of pyridine rings is 1. The number of aromatic nitrogens is 4. The van der Waals surface area contributed by atoms with Crippen LogP contribution in [-0.2, 0) is 4.79 Å². The minimum absolute atomic E-state index is 0.0377. The van der Waals surface area contributed by atoms with Crippen LogP contribution >= 0.6 is 23.2 Å². The molecular weight excluding hydrogens is 377 g/mol. The summed E-state index contributed by atoms with van der Waals surface area (Å²) >= 11 is 11.9. The molecule has 3 aromatic rings. The lowest BCUT2D eigenvalue weighted by Crippen LogP contribution is -2.25. The summed E-state index contributed by atoms with van der Waals surface area (Å²) in [7, 11) is 0. The van der Waals surface area contributed by atoms with Gasteiger partial charge in [0.1, 0.15) is 12.7 Å². The Kier molecular flexibility index (Phi) is 5.77. The molecule has 0 saturated carbocycles. The molecular formula is C16H13Cl2N7O. The van der Waals surface area contributed by atoms with E-state index in [0.717, 1.165) is 11.4 Å². The number of carbonyl (C=O) groups excluding carboxylic acids is 1. The maximum Gasteiger partial charge on any atom is 0.259 e. The summed E-state index contributed by atoms with van der Waals surface area (Å²) < 4.78 is 1.62. The van der Waals surface area contributed by atoms with Crippen molar-refractivity contribution >= 4 is 41.0 Å². The van der Waals surface area contributed by atoms with Gasteiger partial charge < -0.3 is 5.32 Å². The van der Waals surface area contributed by atoms with Crippen molar-refractivity contribution in [1.82, 2.24) is 25.2 Å². The topological polar surface area (TPSA) is 97.1 Å². The van der Waals surface area contributed by atoms with Crippen molar-refractivity contribution in [2.24, 2.45) is 5.10 Å². The lowest BCUT2D eigenvalue weighted by molar-refractivity contribution is -0.119. The minimum Gasteiger partial charge on any atom is -0.376 e. The van der Waals surface area contributed by atoms with Gasteiger partial charge in [0.2, 0.25) is 0 Å². The van der Waals surface area contributed by atoms with E-state index in [1.165, 1.54) is 24.9 Å². The molecule has 26 heavy (non-hydrogen) atoms. The molecule has 2 N–H and O–H groups in total. The number of anilines is 1. The number of benzene rings is 1. The predicted molar refractivity (Wildman–Crippen MR) is 99.8 cm³/mol. The van der Waals surface area contributed by atoms with Gasteiger partial charge in [-0.3, -0.25) is 9.78 Å². The van der Waals surface area contributed by atoms with Crippen LogP contribution in [0.25, 0.3) is 5.69 Å². The Morgan fingerprint density at radius 3 is 2.77 bits per heavy atom. The highest BCUT2D eigenvalue weighted by atomic mass is 35.5. The molecule has 132 valence electrons. The number of carbonyl (C=O) groups is 1. The van der Waals surface area contributed by atoms with Crippen molar-refractivity contribution in [2.45, 2.75) is 0 Å². The van der Waals surface area contributed by atoms with E-state index in [2.05, 4.69) is 30.9 Å². The molecule has 1 aromatic carbocycles. The molecule has 2 aromatic heterocycles. The van der Waals surface area contributed by atoms with E-state index in [0.29, 0.717) is 15.6 Å². The molecule has 0 spiro atoms. The standard InChI is InChI=1S/C16H13Cl2N7O/c17-14-6-19-7-15(18)13(14)5-22-24-16(26)8-21-11-2-1-3-12(4-11)25-10-20-9-23-25/h1-7,9-10,21H,8H2,(H,24,26)/b22-5+. The van der Waals surface area contributed by atoms with Gasteiger partial charge in [0.05, 0.1) is 28.5 Å². The van der Waals surface area contributed by atoms with Crippen molar-refractivity contribution in [1.29, 1.82) is 0 Å². The number of nitrogens with zero attached hydrogens (tertiary/aromatic N) is 5. The second kappa shape index (κ2) is 8.41. The first kappa shape index (κ1) is 17.8. The highest BCUT2D eigenvalue weighted by Gasteiger charge is 2.04. The highest BCUT2D eigenvalue weighted by Crippen LogP contribution is 2.20. The zero-order valence-electron chi connectivity index (χ0n) is 13.3. The molecule has 0 bridgehead atoms. The molecule has 0 unspecified atom stereocenters. The predicted octanol–water partition coefficient (Wildman–Crippen LogP) is 2.53. The molecule has 3 rings (SSSR count). The largest absolute Gasteiger partial charge is 0.376 e. The van der Waals surface area contributed by atoms with E-state index in [1.807, 2.05) is 24.3 Å². The SMILES string of the molecule is O=C(CNc1cccc(-n2cncn2)c1)N/N=C/c1c(Cl)cncc1Cl. The van der Waals surface area contributed by atoms with Crippen LogP contribution in [-0.4, -0.2) is 38.4 Å². The number of halogens is 2. The Labute approximate surface area is 158 Å². The third-order valence-electron chi connectivity index (χ3n) is 3.26. The maximum absolute atomic E-state index is 11.9. The third-order valence-corrected chi connectivity index (χ3v) is 3.86. The molecule has 0 fully saturated rings. The molecule has 1 amide bonds. The van der Waals surface area contributed by atoms with Gasteiger partial charge in [0.15, 0.2) is 0 Å². The quantitative estimate of drug-likeness (QED) is 0.498. The van der Waals surface area contributed by atoms with Crippen molar-refractivity contribution in [3.05, 3.63) is 64.9 Å². The molecule has 0 aliphatic rings. The van der Waals surface area contributed by atoms with Crippen LogP contribution in [0.2, 0.25) is 10.0 Å². The smallest absolute Gasteiger partial charge is 0.259 e. The van der Waals surface area contributed by atoms with Crippen molar-refractivity contribution < 1.29 is 4.79 Å². The Bertz CT molecular complexity index is 908. The van der Waals surface area contributed by atoms with Crippen LogP contribution in [0.5, 0.6) is 0 Å². The molecule has 0 atom stereocenters. The Morgan fingerprint density at radius 2 is 2.04 bits per heavy atom. The fourth-order valence-electron chi connectivity index (χ4n) is 2.04. The summed E-state index contributed by atoms with van der Waals surface area (Å²) in [5.41, 5.74) is 4.47. The molecule has 0 aliphatic heterocycles. The van der Waals surface area contributed by atoms with Crippen LogP contribution in [0.3, 0.4) is 0 Å². The number of hydrazone groups is 1. The number of hydrogen-bond acceptors (Lipinski definition) is 6. The molecule has 0 radical (unpaired) electrons. The van der Waals surface area contributed by atoms with Crippen molar-refractivity contribution in [3.8, 4) is 5.69 Å². The molecule has 10 heteroatoms. The number of hydrogen-bond donors (Lipinski definition) is 2. The van der Waals surface area contributed by atoms with Crippen LogP contribution in [0, 0.1) is 0 Å². The van der Waals surface area contributed by atoms with Crippen LogP contribution in [0.1, 0.15) is 5.56 Å². The zero-order valence-corrected chi connectivity index (χ0v) is 14.8. The van der Waals surface area contributed by atoms with Gasteiger partial charge in [-0.25, -0.2) is 15.1 Å². The summed E-state index contributed by atoms with van der Waals surface area (Å²) in [6.07, 6.45) is 7.30. The monoisotopic (exact) mass is 389 g/mol. The summed E-state index contributed by atoms with van der Waals surface area (Å²) in [5, 5.41) is 11.6. The van der Waals surface area contributed by atoms with E-state index >= 15 is 0 Å². The fraction of sp³-hybridized carbons (Fsp3) is 0.0625. The number of rotatable bonds is 6. The van der Waals surface area contributed by atoms with Gasteiger partial charge in [-0.2, -0.15) is 10.2 Å². The Balaban J connectivity index is 1.55. The Morgan fingerprint density at radius 1 is 1.23 bits per heavy atom. The summed E-state index contributed by atoms with van der Waals surface area (Å²) in [4.78, 5) is 19.6. The van der Waals surface area contributed by atoms with E-state index in [1.54, 1.807) is 11.0 Å². The number of nitrogens with one attached hydrogen (secondary N) is 2. The van der Waals surface area contributed by atoms with Gasteiger partial charge in [-0.05, 0) is 18.2 Å². The normalized spacial score (nSPS) is 10.8. The molecule has 2 heterocycles. The number of amides is 1. The maximum atomic E-state index is 11.9. The van der Waals surface area contributed by atoms with E-state index < -0.39 is 0 Å². The van der Waals surface area contributed by atoms with Gasteiger partial charge >= 0.3 is 0 Å². The first-order chi connectivity index (χ1) is 12.6. The first-order valence-corrected chi connectivity index (χ1v) is 8.19. The Hall–Kier alpha value is -2.97. The minimum atomic E-state index is -0.325. The van der Waals surface area contributed by atoms with Crippen LogP contribution in [0.15, 0.2) is 54.4 Å². The van der Waals surface area contributed by atoms with Gasteiger partial charge in [0, 0.05) is 23.6 Å². The van der Waals surface area contributed by atoms with Crippen molar-refractivity contribution in [3.63, 3.8) is 0 Å². The van der Waals surface area contributed by atoms with Crippen molar-refractivity contribution in [2.75, 3.05) is 11.9 Å². The second-order valence-corrected chi connectivity index (χ2v) is 5.87. The zero-order chi connectivity index (χ0) is 18.4. The highest BCUT2D eigenvalue weighted by molar-refractivity contribution is 6.38. The van der Waals surface area contributed by atoms with Gasteiger partial charge in [-0.1, -0.05) is 29.3 Å². The molecule has 0 aliphatic carbocycles. The first-order valence-electron chi connectivity index (χ1n) is 7.43. The summed E-state index contributed by atoms with van der Waals surface area (Å²) in [6, 6.07) is 7.42. The van der Waals surface area contributed by atoms with E-state index in [9.17, 15) is 4.79 Å². The van der Waals surface area contributed by atoms with E-state index in [4.69, 9.17) is 23.2 Å². The van der Waals surface area contributed by atoms with Crippen LogP contribution in [0.4, 0.5) is 5.69 Å². The molecule has 0 saturated heterocycles. The van der Waals surface area contributed by atoms with E-state index in [-0.39, 0.29) is 12.5 Å². The summed E-state index contributed by atoms with van der Waals surface area (Å²) in [6.45, 7) is 0.0377. The third kappa shape index (κ3) is 4.56. The average Bonchev–Trinajstić information content (AvgIpc) is 3.17.